The molecule has 5 nitrogen and oxygen atoms in total. The van der Waals surface area contributed by atoms with Crippen LogP contribution in [0, 0.1) is 5.92 Å². The van der Waals surface area contributed by atoms with Gasteiger partial charge in [0.2, 0.25) is 0 Å². The van der Waals surface area contributed by atoms with Crippen molar-refractivity contribution in [3.05, 3.63) is 69.3 Å². The Morgan fingerprint density at radius 1 is 1.12 bits per heavy atom. The zero-order chi connectivity index (χ0) is 17.8. The van der Waals surface area contributed by atoms with E-state index < -0.39 is 0 Å². The largest absolute Gasteiger partial charge is 0.451 e. The standard InChI is InChI=1S/C20H17ClN2O3/c21-15-4-5-17-13(7-15)8-18(26-17)20(25)22-9-12-6-14(11-22)16-2-1-3-19(24)23(16)10-12/h1-5,7-8,12,14H,6,9-11H2/t12-,14-/m1/s1. The molecule has 26 heavy (non-hydrogen) atoms. The monoisotopic (exact) mass is 368 g/mol. The molecule has 0 radical (unpaired) electrons. The zero-order valence-corrected chi connectivity index (χ0v) is 14.8. The normalized spacial score (nSPS) is 21.7. The van der Waals surface area contributed by atoms with Crippen LogP contribution in [0.15, 0.2) is 51.7 Å². The summed E-state index contributed by atoms with van der Waals surface area (Å²) in [6, 6.07) is 12.5. The summed E-state index contributed by atoms with van der Waals surface area (Å²) >= 11 is 6.02. The fourth-order valence-electron chi connectivity index (χ4n) is 4.34. The lowest BCUT2D eigenvalue weighted by molar-refractivity contribution is 0.0566. The van der Waals surface area contributed by atoms with Crippen molar-refractivity contribution in [2.45, 2.75) is 18.9 Å². The summed E-state index contributed by atoms with van der Waals surface area (Å²) in [5.74, 6) is 0.731. The van der Waals surface area contributed by atoms with Crippen molar-refractivity contribution in [2.24, 2.45) is 5.92 Å². The van der Waals surface area contributed by atoms with Crippen LogP contribution in [0.2, 0.25) is 5.02 Å². The van der Waals surface area contributed by atoms with Crippen LogP contribution in [0.4, 0.5) is 0 Å². The van der Waals surface area contributed by atoms with Gasteiger partial charge < -0.3 is 13.9 Å². The van der Waals surface area contributed by atoms with Gasteiger partial charge in [0.25, 0.3) is 11.5 Å². The highest BCUT2D eigenvalue weighted by atomic mass is 35.5. The average Bonchev–Trinajstić information content (AvgIpc) is 3.05. The number of carbonyl (C=O) groups excluding carboxylic acids is 1. The second kappa shape index (κ2) is 5.74. The van der Waals surface area contributed by atoms with Gasteiger partial charge in [-0.05, 0) is 42.7 Å². The number of carbonyl (C=O) groups is 1. The minimum absolute atomic E-state index is 0.0474. The van der Waals surface area contributed by atoms with Gasteiger partial charge in [-0.25, -0.2) is 0 Å². The Morgan fingerprint density at radius 2 is 2.00 bits per heavy atom. The van der Waals surface area contributed by atoms with Crippen LogP contribution in [-0.2, 0) is 6.54 Å². The van der Waals surface area contributed by atoms with Gasteiger partial charge in [0, 0.05) is 47.7 Å². The molecule has 2 aliphatic rings. The summed E-state index contributed by atoms with van der Waals surface area (Å²) < 4.78 is 7.61. The summed E-state index contributed by atoms with van der Waals surface area (Å²) in [6.07, 6.45) is 1.02. The zero-order valence-electron chi connectivity index (χ0n) is 14.0. The van der Waals surface area contributed by atoms with Gasteiger partial charge in [-0.2, -0.15) is 0 Å². The van der Waals surface area contributed by atoms with E-state index >= 15 is 0 Å². The number of hydrogen-bond acceptors (Lipinski definition) is 3. The molecule has 132 valence electrons. The van der Waals surface area contributed by atoms with Crippen molar-refractivity contribution < 1.29 is 9.21 Å². The van der Waals surface area contributed by atoms with E-state index in [1.54, 1.807) is 36.4 Å². The number of aromatic nitrogens is 1. The van der Waals surface area contributed by atoms with Gasteiger partial charge in [-0.3, -0.25) is 9.59 Å². The minimum Gasteiger partial charge on any atom is -0.451 e. The molecular formula is C20H17ClN2O3. The lowest BCUT2D eigenvalue weighted by atomic mass is 9.83. The molecule has 1 saturated heterocycles. The van der Waals surface area contributed by atoms with Gasteiger partial charge in [-0.15, -0.1) is 0 Å². The number of likely N-dealkylation sites (tertiary alicyclic amines) is 1. The predicted octanol–water partition coefficient (Wildman–Crippen LogP) is 3.51. The highest BCUT2D eigenvalue weighted by Crippen LogP contribution is 2.36. The molecule has 1 amide bonds. The number of furan rings is 1. The molecule has 0 unspecified atom stereocenters. The van der Waals surface area contributed by atoms with Crippen molar-refractivity contribution in [3.63, 3.8) is 0 Å². The molecule has 0 N–H and O–H groups in total. The quantitative estimate of drug-likeness (QED) is 0.660. The van der Waals surface area contributed by atoms with Crippen LogP contribution < -0.4 is 5.56 Å². The number of halogens is 1. The summed E-state index contributed by atoms with van der Waals surface area (Å²) in [6.45, 7) is 1.93. The summed E-state index contributed by atoms with van der Waals surface area (Å²) in [5, 5.41) is 1.45. The Labute approximate surface area is 154 Å². The number of amides is 1. The maximum atomic E-state index is 13.0. The molecule has 2 bridgehead atoms. The maximum absolute atomic E-state index is 13.0. The first-order valence-electron chi connectivity index (χ1n) is 8.76. The number of fused-ring (bicyclic) bond motifs is 5. The lowest BCUT2D eigenvalue weighted by Gasteiger charge is -2.42. The smallest absolute Gasteiger partial charge is 0.289 e. The van der Waals surface area contributed by atoms with Gasteiger partial charge in [0.1, 0.15) is 5.58 Å². The molecule has 0 aliphatic carbocycles. The fraction of sp³-hybridized carbons (Fsp3) is 0.300. The fourth-order valence-corrected chi connectivity index (χ4v) is 4.52. The molecule has 0 spiro atoms. The van der Waals surface area contributed by atoms with Crippen molar-refractivity contribution in [3.8, 4) is 0 Å². The van der Waals surface area contributed by atoms with Crippen LogP contribution in [0.3, 0.4) is 0 Å². The van der Waals surface area contributed by atoms with Crippen LogP contribution in [0.5, 0.6) is 0 Å². The second-order valence-electron chi connectivity index (χ2n) is 7.20. The average molecular weight is 369 g/mol. The summed E-state index contributed by atoms with van der Waals surface area (Å²) in [4.78, 5) is 27.0. The van der Waals surface area contributed by atoms with Crippen LogP contribution in [0.25, 0.3) is 11.0 Å². The van der Waals surface area contributed by atoms with Crippen LogP contribution in [0.1, 0.15) is 28.6 Å². The molecule has 5 rings (SSSR count). The minimum atomic E-state index is -0.0984. The van der Waals surface area contributed by atoms with Crippen molar-refractivity contribution in [1.29, 1.82) is 0 Å². The highest BCUT2D eigenvalue weighted by Gasteiger charge is 2.37. The Morgan fingerprint density at radius 3 is 2.88 bits per heavy atom. The first kappa shape index (κ1) is 15.7. The van der Waals surface area contributed by atoms with E-state index in [2.05, 4.69) is 0 Å². The number of pyridine rings is 1. The van der Waals surface area contributed by atoms with Crippen molar-refractivity contribution >= 4 is 28.5 Å². The summed E-state index contributed by atoms with van der Waals surface area (Å²) in [7, 11) is 0. The Balaban J connectivity index is 1.46. The van der Waals surface area contributed by atoms with E-state index in [0.29, 0.717) is 41.9 Å². The predicted molar refractivity (Wildman–Crippen MR) is 98.7 cm³/mol. The van der Waals surface area contributed by atoms with Gasteiger partial charge in [-0.1, -0.05) is 17.7 Å². The van der Waals surface area contributed by atoms with Crippen LogP contribution in [-0.4, -0.2) is 28.5 Å². The molecule has 2 aromatic heterocycles. The Kier molecular flexibility index (Phi) is 3.47. The number of piperidine rings is 1. The van der Waals surface area contributed by atoms with E-state index in [-0.39, 0.29) is 17.4 Å². The van der Waals surface area contributed by atoms with Crippen molar-refractivity contribution in [1.82, 2.24) is 9.47 Å². The molecule has 6 heteroatoms. The second-order valence-corrected chi connectivity index (χ2v) is 7.64. The van der Waals surface area contributed by atoms with E-state index in [1.165, 1.54) is 0 Å². The van der Waals surface area contributed by atoms with E-state index in [0.717, 1.165) is 17.5 Å². The first-order valence-corrected chi connectivity index (χ1v) is 9.14. The highest BCUT2D eigenvalue weighted by molar-refractivity contribution is 6.31. The molecule has 1 fully saturated rings. The van der Waals surface area contributed by atoms with E-state index in [9.17, 15) is 9.59 Å². The molecular weight excluding hydrogens is 352 g/mol. The topological polar surface area (TPSA) is 55.5 Å². The number of nitrogens with zero attached hydrogens (tertiary/aromatic N) is 2. The summed E-state index contributed by atoms with van der Waals surface area (Å²) in [5.41, 5.74) is 1.74. The van der Waals surface area contributed by atoms with Gasteiger partial charge in [0.05, 0.1) is 0 Å². The third kappa shape index (κ3) is 2.46. The molecule has 2 aliphatic heterocycles. The van der Waals surface area contributed by atoms with E-state index in [1.807, 2.05) is 15.5 Å². The maximum Gasteiger partial charge on any atom is 0.289 e. The van der Waals surface area contributed by atoms with Gasteiger partial charge in [0.15, 0.2) is 5.76 Å². The Bertz CT molecular complexity index is 1080. The SMILES string of the molecule is O=C(c1cc2cc(Cl)ccc2o1)N1C[C@H]2C[C@H](C1)c1cccc(=O)n1C2. The molecule has 0 saturated carbocycles. The third-order valence-corrected chi connectivity index (χ3v) is 5.69. The molecule has 1 aromatic carbocycles. The molecule has 3 aromatic rings. The number of rotatable bonds is 1. The van der Waals surface area contributed by atoms with E-state index in [4.69, 9.17) is 16.0 Å². The number of benzene rings is 1. The van der Waals surface area contributed by atoms with Crippen LogP contribution >= 0.6 is 11.6 Å². The lowest BCUT2D eigenvalue weighted by Crippen LogP contribution is -2.49. The van der Waals surface area contributed by atoms with Gasteiger partial charge >= 0.3 is 0 Å². The molecule has 2 atom stereocenters. The first-order chi connectivity index (χ1) is 12.6. The third-order valence-electron chi connectivity index (χ3n) is 5.46. The number of hydrogen-bond donors (Lipinski definition) is 0. The Hall–Kier alpha value is -2.53. The molecule has 4 heterocycles. The van der Waals surface area contributed by atoms with Crippen molar-refractivity contribution in [2.75, 3.05) is 13.1 Å².